The van der Waals surface area contributed by atoms with Gasteiger partial charge < -0.3 is 29.5 Å². The zero-order valence-corrected chi connectivity index (χ0v) is 22.9. The van der Waals surface area contributed by atoms with Crippen LogP contribution in [-0.2, 0) is 6.54 Å². The lowest BCUT2D eigenvalue weighted by Crippen LogP contribution is -2.49. The number of rotatable bonds is 8. The molecule has 210 valence electrons. The number of nitrogens with zero attached hydrogens (tertiary/aromatic N) is 3. The zero-order valence-electron chi connectivity index (χ0n) is 22.9. The molecular weight excluding hydrogens is 512 g/mol. The van der Waals surface area contributed by atoms with Gasteiger partial charge in [0.15, 0.2) is 17.2 Å². The molecule has 2 aromatic carbocycles. The van der Waals surface area contributed by atoms with Crippen LogP contribution < -0.4 is 19.5 Å². The summed E-state index contributed by atoms with van der Waals surface area (Å²) in [6.07, 6.45) is 2.78. The van der Waals surface area contributed by atoms with Crippen LogP contribution in [0.1, 0.15) is 40.1 Å². The molecule has 2 aliphatic rings. The van der Waals surface area contributed by atoms with Crippen LogP contribution in [0.15, 0.2) is 60.9 Å². The van der Waals surface area contributed by atoms with Crippen molar-refractivity contribution in [3.63, 3.8) is 0 Å². The Morgan fingerprint density at radius 1 is 1.18 bits per heavy atom. The van der Waals surface area contributed by atoms with Gasteiger partial charge in [-0.05, 0) is 55.9 Å². The highest BCUT2D eigenvalue weighted by atomic mass is 16.7. The van der Waals surface area contributed by atoms with Gasteiger partial charge in [0.05, 0.1) is 23.9 Å². The van der Waals surface area contributed by atoms with Crippen molar-refractivity contribution in [3.05, 3.63) is 77.6 Å². The molecule has 0 aliphatic carbocycles. The highest BCUT2D eigenvalue weighted by molar-refractivity contribution is 6.07. The van der Waals surface area contributed by atoms with Gasteiger partial charge in [-0.15, -0.1) is 0 Å². The van der Waals surface area contributed by atoms with E-state index >= 15 is 0 Å². The molecule has 0 unspecified atom stereocenters. The van der Waals surface area contributed by atoms with E-state index in [0.29, 0.717) is 42.2 Å². The third-order valence-electron chi connectivity index (χ3n) is 7.26. The predicted molar refractivity (Wildman–Crippen MR) is 149 cm³/mol. The Labute approximate surface area is 233 Å². The molecule has 0 fully saturated rings. The number of carbonyl (C=O) groups excluding carboxylic acids is 2. The molecule has 3 heterocycles. The third kappa shape index (κ3) is 5.88. The standard InChI is InChI=1S/C30H34N4O6/c1-19-14-34(20(2)17-35)30(37)23-5-4-6-24(32-29(36)22-9-11-31-12-10-22)28(23)40-27(19)16-33(3)15-21-7-8-25-26(13-21)39-18-38-25/h4-13,19-20,27,35H,14-18H2,1-3H3,(H,32,36)/t19-,20+,27+/m0/s1. The van der Waals surface area contributed by atoms with Crippen LogP contribution in [0.2, 0.25) is 0 Å². The van der Waals surface area contributed by atoms with E-state index in [0.717, 1.165) is 17.1 Å². The average molecular weight is 547 g/mol. The van der Waals surface area contributed by atoms with E-state index in [1.54, 1.807) is 47.6 Å². The van der Waals surface area contributed by atoms with Gasteiger partial charge in [0.1, 0.15) is 6.10 Å². The highest BCUT2D eigenvalue weighted by Gasteiger charge is 2.34. The molecule has 2 N–H and O–H groups in total. The fourth-order valence-corrected chi connectivity index (χ4v) is 4.98. The van der Waals surface area contributed by atoms with Gasteiger partial charge in [-0.3, -0.25) is 19.5 Å². The molecule has 5 rings (SSSR count). The molecule has 2 aliphatic heterocycles. The summed E-state index contributed by atoms with van der Waals surface area (Å²) in [7, 11) is 2.01. The molecule has 10 nitrogen and oxygen atoms in total. The molecule has 0 bridgehead atoms. The van der Waals surface area contributed by atoms with E-state index in [1.807, 2.05) is 39.1 Å². The number of pyridine rings is 1. The maximum atomic E-state index is 13.7. The van der Waals surface area contributed by atoms with Crippen molar-refractivity contribution in [1.29, 1.82) is 0 Å². The van der Waals surface area contributed by atoms with Crippen molar-refractivity contribution in [2.75, 3.05) is 38.9 Å². The summed E-state index contributed by atoms with van der Waals surface area (Å²) in [5.74, 6) is 1.13. The maximum absolute atomic E-state index is 13.7. The molecule has 2 amide bonds. The normalized spacial score (nSPS) is 18.9. The predicted octanol–water partition coefficient (Wildman–Crippen LogP) is 3.41. The topological polar surface area (TPSA) is 113 Å². The van der Waals surface area contributed by atoms with Crippen molar-refractivity contribution in [2.45, 2.75) is 32.5 Å². The lowest BCUT2D eigenvalue weighted by Gasteiger charge is -2.38. The third-order valence-corrected chi connectivity index (χ3v) is 7.26. The van der Waals surface area contributed by atoms with Gasteiger partial charge in [0, 0.05) is 43.5 Å². The lowest BCUT2D eigenvalue weighted by molar-refractivity contribution is 0.0343. The second-order valence-corrected chi connectivity index (χ2v) is 10.4. The van der Waals surface area contributed by atoms with Crippen molar-refractivity contribution in [1.82, 2.24) is 14.8 Å². The lowest BCUT2D eigenvalue weighted by atomic mass is 9.98. The Balaban J connectivity index is 1.43. The molecule has 3 aromatic rings. The summed E-state index contributed by atoms with van der Waals surface area (Å²) < 4.78 is 17.6. The highest BCUT2D eigenvalue weighted by Crippen LogP contribution is 2.36. The Morgan fingerprint density at radius 2 is 1.95 bits per heavy atom. The number of likely N-dealkylation sites (N-methyl/N-ethyl adjacent to an activating group) is 1. The summed E-state index contributed by atoms with van der Waals surface area (Å²) in [6, 6.07) is 13.9. The van der Waals surface area contributed by atoms with Gasteiger partial charge in [-0.2, -0.15) is 0 Å². The number of benzene rings is 2. The number of aliphatic hydroxyl groups excluding tert-OH is 1. The van der Waals surface area contributed by atoms with Crippen LogP contribution in [-0.4, -0.2) is 77.4 Å². The fraction of sp³-hybridized carbons (Fsp3) is 0.367. The van der Waals surface area contributed by atoms with E-state index in [2.05, 4.69) is 15.2 Å². The number of hydrogen-bond donors (Lipinski definition) is 2. The Bertz CT molecular complexity index is 1370. The average Bonchev–Trinajstić information content (AvgIpc) is 3.43. The van der Waals surface area contributed by atoms with E-state index in [4.69, 9.17) is 14.2 Å². The number of hydrogen-bond acceptors (Lipinski definition) is 8. The van der Waals surface area contributed by atoms with Crippen LogP contribution in [0.25, 0.3) is 0 Å². The van der Waals surface area contributed by atoms with Gasteiger partial charge in [-0.1, -0.05) is 19.1 Å². The van der Waals surface area contributed by atoms with Crippen molar-refractivity contribution >= 4 is 17.5 Å². The molecule has 10 heteroatoms. The quantitative estimate of drug-likeness (QED) is 0.442. The fourth-order valence-electron chi connectivity index (χ4n) is 4.98. The van der Waals surface area contributed by atoms with Gasteiger partial charge in [-0.25, -0.2) is 0 Å². The number of carbonyl (C=O) groups is 2. The Kier molecular flexibility index (Phi) is 8.18. The van der Waals surface area contributed by atoms with Crippen LogP contribution in [0, 0.1) is 5.92 Å². The van der Waals surface area contributed by atoms with Gasteiger partial charge in [0.2, 0.25) is 6.79 Å². The van der Waals surface area contributed by atoms with E-state index in [9.17, 15) is 14.7 Å². The second-order valence-electron chi connectivity index (χ2n) is 10.4. The summed E-state index contributed by atoms with van der Waals surface area (Å²) in [5, 5.41) is 12.8. The Morgan fingerprint density at radius 3 is 2.73 bits per heavy atom. The van der Waals surface area contributed by atoms with Crippen LogP contribution >= 0.6 is 0 Å². The van der Waals surface area contributed by atoms with Crippen LogP contribution in [0.3, 0.4) is 0 Å². The molecule has 0 saturated carbocycles. The number of nitrogens with one attached hydrogen (secondary N) is 1. The van der Waals surface area contributed by atoms with Crippen LogP contribution in [0.5, 0.6) is 17.2 Å². The summed E-state index contributed by atoms with van der Waals surface area (Å²) in [4.78, 5) is 34.5. The monoisotopic (exact) mass is 546 g/mol. The number of aliphatic hydroxyl groups is 1. The number of fused-ring (bicyclic) bond motifs is 2. The van der Waals surface area contributed by atoms with E-state index in [1.165, 1.54) is 0 Å². The van der Waals surface area contributed by atoms with Crippen LogP contribution in [0.4, 0.5) is 5.69 Å². The molecule has 1 aromatic heterocycles. The minimum absolute atomic E-state index is 0.0748. The maximum Gasteiger partial charge on any atom is 0.258 e. The second kappa shape index (κ2) is 11.9. The number of ether oxygens (including phenoxy) is 3. The molecule has 0 spiro atoms. The molecular formula is C30H34N4O6. The smallest absolute Gasteiger partial charge is 0.258 e. The molecule has 0 radical (unpaired) electrons. The summed E-state index contributed by atoms with van der Waals surface area (Å²) >= 11 is 0. The number of amides is 2. The van der Waals surface area contributed by atoms with Gasteiger partial charge >= 0.3 is 0 Å². The first-order valence-electron chi connectivity index (χ1n) is 13.3. The van der Waals surface area contributed by atoms with E-state index in [-0.39, 0.29) is 43.3 Å². The minimum Gasteiger partial charge on any atom is -0.486 e. The zero-order chi connectivity index (χ0) is 28.2. The summed E-state index contributed by atoms with van der Waals surface area (Å²) in [5.41, 5.74) is 2.25. The number of anilines is 1. The minimum atomic E-state index is -0.386. The molecule has 3 atom stereocenters. The molecule has 0 saturated heterocycles. The largest absolute Gasteiger partial charge is 0.486 e. The summed E-state index contributed by atoms with van der Waals surface area (Å²) in [6.45, 7) is 5.53. The van der Waals surface area contributed by atoms with Gasteiger partial charge in [0.25, 0.3) is 11.8 Å². The first-order valence-corrected chi connectivity index (χ1v) is 13.3. The number of para-hydroxylation sites is 1. The SMILES string of the molecule is C[C@H](CO)N1C[C@H](C)[C@@H](CN(C)Cc2ccc3c(c2)OCO3)Oc2c(NC(=O)c3ccncc3)cccc2C1=O. The number of aromatic nitrogens is 1. The Hall–Kier alpha value is -4.15. The first kappa shape index (κ1) is 27.4. The van der Waals surface area contributed by atoms with Crippen molar-refractivity contribution in [2.24, 2.45) is 5.92 Å². The van der Waals surface area contributed by atoms with E-state index < -0.39 is 0 Å². The first-order chi connectivity index (χ1) is 19.3. The molecule has 40 heavy (non-hydrogen) atoms. The van der Waals surface area contributed by atoms with Crippen molar-refractivity contribution in [3.8, 4) is 17.2 Å². The van der Waals surface area contributed by atoms with Crippen molar-refractivity contribution < 1.29 is 28.9 Å².